The van der Waals surface area contributed by atoms with E-state index >= 15 is 0 Å². The van der Waals surface area contributed by atoms with Crippen LogP contribution in [0.3, 0.4) is 0 Å². The minimum Gasteiger partial charge on any atom is -0.341 e. The summed E-state index contributed by atoms with van der Waals surface area (Å²) in [6.45, 7) is 5.81. The Hall–Kier alpha value is -2.81. The van der Waals surface area contributed by atoms with Gasteiger partial charge in [0.15, 0.2) is 5.82 Å². The second kappa shape index (κ2) is 11.1. The Balaban J connectivity index is 1.85. The van der Waals surface area contributed by atoms with Gasteiger partial charge in [-0.15, -0.1) is 0 Å². The van der Waals surface area contributed by atoms with Gasteiger partial charge in [-0.1, -0.05) is 23.4 Å². The van der Waals surface area contributed by atoms with Gasteiger partial charge in [-0.3, -0.25) is 9.79 Å². The van der Waals surface area contributed by atoms with Gasteiger partial charge in [0.25, 0.3) is 0 Å². The number of hydrogen-bond donors (Lipinski definition) is 2. The Labute approximate surface area is 165 Å². The molecule has 1 amide bonds. The SMILES string of the molecule is C/C=C\C=C(/C)c1noc(C2CCN(C(=O)CN=CC(CNC)=NN)CC2)n1. The largest absolute Gasteiger partial charge is 0.341 e. The van der Waals surface area contributed by atoms with E-state index in [1.54, 1.807) is 7.05 Å². The topological polar surface area (TPSA) is 122 Å². The Morgan fingerprint density at radius 3 is 2.82 bits per heavy atom. The normalized spacial score (nSPS) is 17.2. The van der Waals surface area contributed by atoms with Crippen LogP contribution in [-0.4, -0.2) is 66.1 Å². The molecule has 28 heavy (non-hydrogen) atoms. The molecule has 0 bridgehead atoms. The Bertz CT molecular complexity index is 756. The van der Waals surface area contributed by atoms with Crippen molar-refractivity contribution in [1.82, 2.24) is 20.4 Å². The molecule has 3 N–H and O–H groups in total. The lowest BCUT2D eigenvalue weighted by Gasteiger charge is -2.30. The lowest BCUT2D eigenvalue weighted by Crippen LogP contribution is -2.39. The van der Waals surface area contributed by atoms with Crippen LogP contribution in [0, 0.1) is 0 Å². The summed E-state index contributed by atoms with van der Waals surface area (Å²) in [6.07, 6.45) is 8.97. The Morgan fingerprint density at radius 1 is 1.43 bits per heavy atom. The van der Waals surface area contributed by atoms with E-state index in [0.29, 0.717) is 37.1 Å². The van der Waals surface area contributed by atoms with Gasteiger partial charge in [-0.05, 0) is 39.3 Å². The first kappa shape index (κ1) is 21.5. The number of aliphatic imine (C=N–C) groups is 1. The zero-order chi connectivity index (χ0) is 20.4. The van der Waals surface area contributed by atoms with Crippen LogP contribution in [0.2, 0.25) is 0 Å². The predicted molar refractivity (Wildman–Crippen MR) is 110 cm³/mol. The molecule has 152 valence electrons. The van der Waals surface area contributed by atoms with Gasteiger partial charge >= 0.3 is 0 Å². The summed E-state index contributed by atoms with van der Waals surface area (Å²) in [5.74, 6) is 6.69. The van der Waals surface area contributed by atoms with Crippen molar-refractivity contribution in [3.63, 3.8) is 0 Å². The predicted octanol–water partition coefficient (Wildman–Crippen LogP) is 1.36. The van der Waals surface area contributed by atoms with Gasteiger partial charge in [0, 0.05) is 31.8 Å². The van der Waals surface area contributed by atoms with Crippen molar-refractivity contribution in [1.29, 1.82) is 0 Å². The lowest BCUT2D eigenvalue weighted by atomic mass is 9.96. The summed E-state index contributed by atoms with van der Waals surface area (Å²) in [4.78, 5) is 22.8. The molecule has 1 fully saturated rings. The van der Waals surface area contributed by atoms with Crippen LogP contribution in [-0.2, 0) is 4.79 Å². The molecule has 1 aromatic rings. The number of hydrazone groups is 1. The summed E-state index contributed by atoms with van der Waals surface area (Å²) >= 11 is 0. The zero-order valence-electron chi connectivity index (χ0n) is 16.8. The van der Waals surface area contributed by atoms with Crippen molar-refractivity contribution in [2.75, 3.05) is 33.2 Å². The molecule has 0 atom stereocenters. The molecular weight excluding hydrogens is 358 g/mol. The third-order valence-electron chi connectivity index (χ3n) is 4.52. The first-order chi connectivity index (χ1) is 13.6. The maximum atomic E-state index is 12.3. The van der Waals surface area contributed by atoms with Crippen molar-refractivity contribution in [2.45, 2.75) is 32.6 Å². The van der Waals surface area contributed by atoms with Crippen LogP contribution in [0.4, 0.5) is 0 Å². The van der Waals surface area contributed by atoms with Crippen molar-refractivity contribution in [3.05, 3.63) is 29.9 Å². The van der Waals surface area contributed by atoms with Crippen molar-refractivity contribution in [3.8, 4) is 0 Å². The molecule has 0 aliphatic carbocycles. The highest BCUT2D eigenvalue weighted by molar-refractivity contribution is 6.31. The number of piperidine rings is 1. The highest BCUT2D eigenvalue weighted by Gasteiger charge is 2.27. The van der Waals surface area contributed by atoms with Gasteiger partial charge in [-0.25, -0.2) is 0 Å². The van der Waals surface area contributed by atoms with E-state index in [2.05, 4.69) is 25.6 Å². The van der Waals surface area contributed by atoms with E-state index in [4.69, 9.17) is 10.4 Å². The summed E-state index contributed by atoms with van der Waals surface area (Å²) in [5.41, 5.74) is 1.55. The van der Waals surface area contributed by atoms with Gasteiger partial charge in [0.05, 0.1) is 5.71 Å². The lowest BCUT2D eigenvalue weighted by molar-refractivity contribution is -0.130. The quantitative estimate of drug-likeness (QED) is 0.301. The standard InChI is InChI=1S/C19H29N7O2/c1-4-5-6-14(2)18-23-19(28-25-18)15-7-9-26(10-8-15)17(27)13-22-12-16(24-20)11-21-3/h4-6,12,15,21H,7-11,13,20H2,1-3H3/b5-4-,14-6+,22-12?,24-16?. The third kappa shape index (κ3) is 6.12. The molecule has 0 spiro atoms. The van der Waals surface area contributed by atoms with Crippen LogP contribution >= 0.6 is 0 Å². The minimum absolute atomic E-state index is 0.00752. The first-order valence-electron chi connectivity index (χ1n) is 9.41. The monoisotopic (exact) mass is 387 g/mol. The fraction of sp³-hybridized carbons (Fsp3) is 0.526. The van der Waals surface area contributed by atoms with Crippen molar-refractivity contribution in [2.24, 2.45) is 15.9 Å². The number of rotatable bonds is 8. The number of aromatic nitrogens is 2. The van der Waals surface area contributed by atoms with Crippen molar-refractivity contribution < 1.29 is 9.32 Å². The van der Waals surface area contributed by atoms with Crippen molar-refractivity contribution >= 4 is 23.4 Å². The first-order valence-corrected chi connectivity index (χ1v) is 9.41. The molecule has 0 radical (unpaired) electrons. The molecule has 0 saturated carbocycles. The van der Waals surface area contributed by atoms with Gasteiger partial charge < -0.3 is 20.6 Å². The molecule has 2 rings (SSSR count). The molecule has 1 aromatic heterocycles. The van der Waals surface area contributed by atoms with Crippen LogP contribution in [0.15, 0.2) is 32.8 Å². The summed E-state index contributed by atoms with van der Waals surface area (Å²) in [5, 5.41) is 10.6. The number of nitrogens with zero attached hydrogens (tertiary/aromatic N) is 5. The second-order valence-corrected chi connectivity index (χ2v) is 6.61. The van der Waals surface area contributed by atoms with Crippen LogP contribution < -0.4 is 11.2 Å². The molecule has 1 aliphatic heterocycles. The zero-order valence-corrected chi connectivity index (χ0v) is 16.8. The third-order valence-corrected chi connectivity index (χ3v) is 4.52. The Morgan fingerprint density at radius 2 is 2.18 bits per heavy atom. The van der Waals surface area contributed by atoms with E-state index in [0.717, 1.165) is 18.4 Å². The molecule has 9 nitrogen and oxygen atoms in total. The molecule has 0 aromatic carbocycles. The number of likely N-dealkylation sites (tertiary alicyclic amines) is 1. The van der Waals surface area contributed by atoms with Gasteiger partial charge in [0.2, 0.25) is 11.8 Å². The Kier molecular flexibility index (Phi) is 8.54. The maximum Gasteiger partial charge on any atom is 0.244 e. The second-order valence-electron chi connectivity index (χ2n) is 6.61. The molecule has 0 unspecified atom stereocenters. The summed E-state index contributed by atoms with van der Waals surface area (Å²) in [6, 6.07) is 0. The minimum atomic E-state index is -0.00752. The van der Waals surface area contributed by atoms with E-state index in [1.807, 2.05) is 37.0 Å². The average molecular weight is 387 g/mol. The van der Waals surface area contributed by atoms with Crippen LogP contribution in [0.25, 0.3) is 5.57 Å². The molecule has 2 heterocycles. The highest BCUT2D eigenvalue weighted by Crippen LogP contribution is 2.27. The number of nitrogens with one attached hydrogen (secondary N) is 1. The average Bonchev–Trinajstić information content (AvgIpc) is 3.21. The number of carbonyl (C=O) groups excluding carboxylic acids is 1. The number of amides is 1. The van der Waals surface area contributed by atoms with E-state index < -0.39 is 0 Å². The van der Waals surface area contributed by atoms with Crippen LogP contribution in [0.5, 0.6) is 0 Å². The van der Waals surface area contributed by atoms with Crippen LogP contribution in [0.1, 0.15) is 44.3 Å². The molecule has 1 saturated heterocycles. The molecule has 9 heteroatoms. The maximum absolute atomic E-state index is 12.3. The molecular formula is C19H29N7O2. The number of nitrogens with two attached hydrogens (primary N) is 1. The van der Waals surface area contributed by atoms with E-state index in [9.17, 15) is 4.79 Å². The highest BCUT2D eigenvalue weighted by atomic mass is 16.5. The number of hydrogen-bond acceptors (Lipinski definition) is 8. The van der Waals surface area contributed by atoms with Gasteiger partial charge in [0.1, 0.15) is 6.54 Å². The van der Waals surface area contributed by atoms with E-state index in [-0.39, 0.29) is 18.4 Å². The molecule has 1 aliphatic rings. The number of allylic oxidation sites excluding steroid dienone is 4. The summed E-state index contributed by atoms with van der Waals surface area (Å²) in [7, 11) is 1.79. The van der Waals surface area contributed by atoms with Gasteiger partial charge in [-0.2, -0.15) is 10.1 Å². The smallest absolute Gasteiger partial charge is 0.244 e. The van der Waals surface area contributed by atoms with E-state index in [1.165, 1.54) is 6.21 Å². The summed E-state index contributed by atoms with van der Waals surface area (Å²) < 4.78 is 5.44. The number of carbonyl (C=O) groups is 1. The fourth-order valence-electron chi connectivity index (χ4n) is 2.89. The fourth-order valence-corrected chi connectivity index (χ4v) is 2.89.